The molecule has 35 heavy (non-hydrogen) atoms. The van der Waals surface area contributed by atoms with E-state index >= 15 is 0 Å². The molecule has 3 aliphatic rings. The van der Waals surface area contributed by atoms with Crippen LogP contribution in [0.4, 0.5) is 4.39 Å². The van der Waals surface area contributed by atoms with Crippen LogP contribution in [-0.4, -0.2) is 62.6 Å². The zero-order valence-electron chi connectivity index (χ0n) is 20.2. The Morgan fingerprint density at radius 3 is 2.37 bits per heavy atom. The van der Waals surface area contributed by atoms with E-state index in [9.17, 15) is 18.8 Å². The number of fused-ring (bicyclic) bond motifs is 1. The number of pyridine rings is 1. The van der Waals surface area contributed by atoms with Crippen LogP contribution in [0.5, 0.6) is 0 Å². The van der Waals surface area contributed by atoms with Crippen LogP contribution in [0, 0.1) is 11.7 Å². The summed E-state index contributed by atoms with van der Waals surface area (Å²) in [6, 6.07) is 1.03. The number of carbonyl (C=O) groups excluding carboxylic acids is 1. The number of halogens is 1. The molecule has 0 bridgehead atoms. The van der Waals surface area contributed by atoms with Gasteiger partial charge >= 0.3 is 5.69 Å². The van der Waals surface area contributed by atoms with E-state index in [0.717, 1.165) is 69.3 Å². The van der Waals surface area contributed by atoms with E-state index in [-0.39, 0.29) is 46.7 Å². The first-order valence-corrected chi connectivity index (χ1v) is 14.0. The summed E-state index contributed by atoms with van der Waals surface area (Å²) in [5.41, 5.74) is -0.502. The molecule has 8 nitrogen and oxygen atoms in total. The van der Waals surface area contributed by atoms with Crippen molar-refractivity contribution in [1.29, 1.82) is 0 Å². The molecule has 2 saturated heterocycles. The summed E-state index contributed by atoms with van der Waals surface area (Å²) in [4.78, 5) is 46.2. The molecular weight excluding hydrogens is 469 g/mol. The predicted molar refractivity (Wildman–Crippen MR) is 135 cm³/mol. The highest BCUT2D eigenvalue weighted by atomic mass is 32.2. The largest absolute Gasteiger partial charge is 0.343 e. The number of aromatic nitrogens is 3. The molecule has 1 saturated carbocycles. The molecule has 0 atom stereocenters. The maximum Gasteiger partial charge on any atom is 0.333 e. The Balaban J connectivity index is 1.42. The average molecular weight is 504 g/mol. The van der Waals surface area contributed by atoms with Crippen molar-refractivity contribution in [3.8, 4) is 0 Å². The molecule has 1 amide bonds. The summed E-state index contributed by atoms with van der Waals surface area (Å²) in [6.45, 7) is 1.76. The Morgan fingerprint density at radius 2 is 1.69 bits per heavy atom. The van der Waals surface area contributed by atoms with Crippen LogP contribution in [0.15, 0.2) is 21.9 Å². The second-order valence-corrected chi connectivity index (χ2v) is 11.4. The van der Waals surface area contributed by atoms with Gasteiger partial charge in [0.25, 0.3) is 5.56 Å². The normalized spacial score (nSPS) is 24.5. The summed E-state index contributed by atoms with van der Waals surface area (Å²) in [7, 11) is 1.89. The molecule has 0 aromatic carbocycles. The number of piperidine rings is 1. The first-order chi connectivity index (χ1) is 17.0. The molecule has 10 heteroatoms. The number of amides is 1. The predicted octanol–water partition coefficient (Wildman–Crippen LogP) is 2.71. The van der Waals surface area contributed by atoms with E-state index in [1.807, 2.05) is 23.7 Å². The van der Waals surface area contributed by atoms with E-state index in [1.54, 1.807) is 4.57 Å². The van der Waals surface area contributed by atoms with Gasteiger partial charge in [-0.15, -0.1) is 0 Å². The third-order valence-electron chi connectivity index (χ3n) is 8.09. The SMILES string of the molecule is CN(C(=O)C1CCNCC1)C1CCC(n2c(=O)c3cc(F)cnc3n(C3CCSCC3)c2=O)CC1. The van der Waals surface area contributed by atoms with Crippen LogP contribution >= 0.6 is 11.8 Å². The Morgan fingerprint density at radius 1 is 1.03 bits per heavy atom. The maximum atomic E-state index is 14.1. The van der Waals surface area contributed by atoms with Crippen molar-refractivity contribution in [3.05, 3.63) is 38.9 Å². The van der Waals surface area contributed by atoms with E-state index < -0.39 is 11.4 Å². The fourth-order valence-electron chi connectivity index (χ4n) is 6.04. The van der Waals surface area contributed by atoms with Gasteiger partial charge < -0.3 is 10.2 Å². The maximum absolute atomic E-state index is 14.1. The molecule has 2 aromatic rings. The third kappa shape index (κ3) is 4.79. The highest BCUT2D eigenvalue weighted by Gasteiger charge is 2.33. The molecule has 0 spiro atoms. The van der Waals surface area contributed by atoms with Gasteiger partial charge in [0.15, 0.2) is 0 Å². The Kier molecular flexibility index (Phi) is 7.29. The summed E-state index contributed by atoms with van der Waals surface area (Å²) < 4.78 is 17.1. The van der Waals surface area contributed by atoms with Crippen molar-refractivity contribution in [2.45, 2.75) is 69.5 Å². The van der Waals surface area contributed by atoms with Crippen LogP contribution < -0.4 is 16.6 Å². The van der Waals surface area contributed by atoms with Crippen LogP contribution in [0.3, 0.4) is 0 Å². The summed E-state index contributed by atoms with van der Waals surface area (Å²) in [6.07, 6.45) is 7.23. The lowest BCUT2D eigenvalue weighted by Gasteiger charge is -2.37. The number of thioether (sulfide) groups is 1. The Labute approximate surface area is 208 Å². The topological polar surface area (TPSA) is 89.2 Å². The molecule has 3 fully saturated rings. The van der Waals surface area contributed by atoms with Gasteiger partial charge in [0.2, 0.25) is 5.91 Å². The zero-order chi connectivity index (χ0) is 24.5. The lowest BCUT2D eigenvalue weighted by atomic mass is 9.88. The van der Waals surface area contributed by atoms with Crippen LogP contribution in [0.25, 0.3) is 11.0 Å². The van der Waals surface area contributed by atoms with Gasteiger partial charge in [-0.2, -0.15) is 11.8 Å². The molecule has 2 aromatic heterocycles. The van der Waals surface area contributed by atoms with Gasteiger partial charge in [0.05, 0.1) is 11.6 Å². The molecule has 0 unspecified atom stereocenters. The third-order valence-corrected chi connectivity index (χ3v) is 9.14. The molecule has 0 radical (unpaired) electrons. The smallest absolute Gasteiger partial charge is 0.333 e. The molecular formula is C25H34FN5O3S. The summed E-state index contributed by atoms with van der Waals surface area (Å²) in [5.74, 6) is 1.60. The van der Waals surface area contributed by atoms with Gasteiger partial charge in [-0.05, 0) is 82.0 Å². The lowest BCUT2D eigenvalue weighted by Crippen LogP contribution is -2.48. The minimum absolute atomic E-state index is 0.0406. The number of carbonyl (C=O) groups is 1. The van der Waals surface area contributed by atoms with E-state index in [4.69, 9.17) is 0 Å². The van der Waals surface area contributed by atoms with Gasteiger partial charge in [0.1, 0.15) is 11.5 Å². The van der Waals surface area contributed by atoms with Gasteiger partial charge in [0, 0.05) is 31.1 Å². The lowest BCUT2D eigenvalue weighted by molar-refractivity contribution is -0.137. The number of hydrogen-bond donors (Lipinski definition) is 1. The molecule has 4 heterocycles. The fraction of sp³-hybridized carbons (Fsp3) is 0.680. The minimum Gasteiger partial charge on any atom is -0.343 e. The van der Waals surface area contributed by atoms with E-state index in [2.05, 4.69) is 10.3 Å². The quantitative estimate of drug-likeness (QED) is 0.690. The van der Waals surface area contributed by atoms with Crippen molar-refractivity contribution >= 4 is 28.7 Å². The van der Waals surface area contributed by atoms with Crippen molar-refractivity contribution in [1.82, 2.24) is 24.3 Å². The minimum atomic E-state index is -0.577. The van der Waals surface area contributed by atoms with E-state index in [1.165, 1.54) is 10.6 Å². The fourth-order valence-corrected chi connectivity index (χ4v) is 7.12. The number of nitrogens with zero attached hydrogens (tertiary/aromatic N) is 4. The highest BCUT2D eigenvalue weighted by Crippen LogP contribution is 2.32. The molecule has 5 rings (SSSR count). The van der Waals surface area contributed by atoms with Crippen LogP contribution in [-0.2, 0) is 4.79 Å². The van der Waals surface area contributed by atoms with Crippen molar-refractivity contribution < 1.29 is 9.18 Å². The monoisotopic (exact) mass is 503 g/mol. The number of nitrogens with one attached hydrogen (secondary N) is 1. The number of rotatable bonds is 4. The average Bonchev–Trinajstić information content (AvgIpc) is 2.90. The first kappa shape index (κ1) is 24.5. The Bertz CT molecular complexity index is 1190. The summed E-state index contributed by atoms with van der Waals surface area (Å²) >= 11 is 1.86. The van der Waals surface area contributed by atoms with Crippen LogP contribution in [0.1, 0.15) is 63.5 Å². The zero-order valence-corrected chi connectivity index (χ0v) is 21.1. The molecule has 2 aliphatic heterocycles. The molecule has 1 aliphatic carbocycles. The van der Waals surface area contributed by atoms with Crippen molar-refractivity contribution in [3.63, 3.8) is 0 Å². The van der Waals surface area contributed by atoms with Crippen molar-refractivity contribution in [2.24, 2.45) is 5.92 Å². The second-order valence-electron chi connectivity index (χ2n) is 10.1. The summed E-state index contributed by atoms with van der Waals surface area (Å²) in [5, 5.41) is 3.47. The first-order valence-electron chi connectivity index (χ1n) is 12.8. The second kappa shape index (κ2) is 10.4. The Hall–Kier alpha value is -2.20. The van der Waals surface area contributed by atoms with Gasteiger partial charge in [-0.25, -0.2) is 14.2 Å². The van der Waals surface area contributed by atoms with Crippen molar-refractivity contribution in [2.75, 3.05) is 31.6 Å². The molecule has 1 N–H and O–H groups in total. The highest BCUT2D eigenvalue weighted by molar-refractivity contribution is 7.99. The van der Waals surface area contributed by atoms with Gasteiger partial charge in [-0.3, -0.25) is 18.7 Å². The van der Waals surface area contributed by atoms with Crippen LogP contribution in [0.2, 0.25) is 0 Å². The van der Waals surface area contributed by atoms with Gasteiger partial charge in [-0.1, -0.05) is 0 Å². The standard InChI is InChI=1S/C25H34FN5O3S/c1-29(23(32)16-6-10-27-11-7-16)18-2-4-19(5-3-18)31-24(33)21-14-17(26)15-28-22(21)30(25(31)34)20-8-12-35-13-9-20/h14-16,18-20,27H,2-13H2,1H3. The molecule has 190 valence electrons. The van der Waals surface area contributed by atoms with E-state index in [0.29, 0.717) is 12.8 Å². The number of hydrogen-bond acceptors (Lipinski definition) is 6.